The number of anilines is 1. The molecule has 2 aliphatic rings. The van der Waals surface area contributed by atoms with Gasteiger partial charge in [0.15, 0.2) is 0 Å². The molecule has 2 aliphatic heterocycles. The smallest absolute Gasteiger partial charge is 0.314 e. The zero-order valence-electron chi connectivity index (χ0n) is 14.5. The summed E-state index contributed by atoms with van der Waals surface area (Å²) in [5.41, 5.74) is 2.17. The van der Waals surface area contributed by atoms with Crippen LogP contribution in [0.3, 0.4) is 0 Å². The molecule has 7 nitrogen and oxygen atoms in total. The summed E-state index contributed by atoms with van der Waals surface area (Å²) in [6.07, 6.45) is 9.24. The van der Waals surface area contributed by atoms with Crippen LogP contribution in [0.4, 0.5) is 11.5 Å². The van der Waals surface area contributed by atoms with Crippen LogP contribution >= 0.6 is 0 Å². The van der Waals surface area contributed by atoms with E-state index in [4.69, 9.17) is 4.98 Å². The van der Waals surface area contributed by atoms with Crippen molar-refractivity contribution < 1.29 is 4.92 Å². The van der Waals surface area contributed by atoms with Crippen LogP contribution in [-0.4, -0.2) is 32.5 Å². The lowest BCUT2D eigenvalue weighted by molar-refractivity contribution is -0.384. The number of aromatic nitrogens is 3. The first-order valence-corrected chi connectivity index (χ1v) is 9.04. The lowest BCUT2D eigenvalue weighted by Crippen LogP contribution is -2.35. The molecule has 0 spiro atoms. The van der Waals surface area contributed by atoms with Crippen molar-refractivity contribution >= 4 is 11.5 Å². The summed E-state index contributed by atoms with van der Waals surface area (Å²) in [7, 11) is 0. The van der Waals surface area contributed by atoms with Crippen LogP contribution < -0.4 is 4.90 Å². The fraction of sp³-hybridized carbons (Fsp3) is 0.556. The minimum Gasteiger partial charge on any atom is -0.351 e. The highest BCUT2D eigenvalue weighted by molar-refractivity contribution is 5.61. The molecule has 25 heavy (non-hydrogen) atoms. The first-order chi connectivity index (χ1) is 12.1. The van der Waals surface area contributed by atoms with E-state index in [1.54, 1.807) is 19.2 Å². The topological polar surface area (TPSA) is 77.1 Å². The molecule has 0 radical (unpaired) electrons. The average Bonchev–Trinajstić information content (AvgIpc) is 3.05. The zero-order chi connectivity index (χ0) is 17.4. The van der Waals surface area contributed by atoms with Crippen LogP contribution in [-0.2, 0) is 13.0 Å². The van der Waals surface area contributed by atoms with E-state index in [1.165, 1.54) is 24.4 Å². The van der Waals surface area contributed by atoms with E-state index in [0.717, 1.165) is 38.9 Å². The molecule has 0 bridgehead atoms. The Kier molecular flexibility index (Phi) is 4.15. The van der Waals surface area contributed by atoms with Crippen LogP contribution in [0.5, 0.6) is 0 Å². The van der Waals surface area contributed by atoms with E-state index in [2.05, 4.69) is 14.5 Å². The van der Waals surface area contributed by atoms with Crippen molar-refractivity contribution in [1.82, 2.24) is 14.5 Å². The molecule has 2 aromatic rings. The van der Waals surface area contributed by atoms with Crippen LogP contribution in [0.15, 0.2) is 18.5 Å². The summed E-state index contributed by atoms with van der Waals surface area (Å²) in [5.74, 6) is 2.15. The predicted octanol–water partition coefficient (Wildman–Crippen LogP) is 3.22. The van der Waals surface area contributed by atoms with Crippen molar-refractivity contribution in [3.05, 3.63) is 45.7 Å². The molecule has 2 aromatic heterocycles. The van der Waals surface area contributed by atoms with Gasteiger partial charge >= 0.3 is 5.69 Å². The first kappa shape index (κ1) is 16.1. The van der Waals surface area contributed by atoms with Gasteiger partial charge in [0, 0.05) is 49.2 Å². The molecule has 0 N–H and O–H groups in total. The van der Waals surface area contributed by atoms with E-state index in [1.807, 2.05) is 6.20 Å². The van der Waals surface area contributed by atoms with Gasteiger partial charge in [-0.2, -0.15) is 0 Å². The van der Waals surface area contributed by atoms with Gasteiger partial charge in [-0.25, -0.2) is 9.97 Å². The molecular weight excluding hydrogens is 318 g/mol. The Hall–Kier alpha value is -2.44. The number of hydrogen-bond acceptors (Lipinski definition) is 5. The van der Waals surface area contributed by atoms with Crippen molar-refractivity contribution in [3.63, 3.8) is 0 Å². The maximum atomic E-state index is 11.4. The summed E-state index contributed by atoms with van der Waals surface area (Å²) < 4.78 is 2.40. The van der Waals surface area contributed by atoms with E-state index >= 15 is 0 Å². The molecule has 0 saturated carbocycles. The summed E-state index contributed by atoms with van der Waals surface area (Å²) >= 11 is 0. The fourth-order valence-corrected chi connectivity index (χ4v) is 4.13. The number of hydrogen-bond donors (Lipinski definition) is 0. The van der Waals surface area contributed by atoms with Crippen molar-refractivity contribution in [1.29, 1.82) is 0 Å². The summed E-state index contributed by atoms with van der Waals surface area (Å²) in [6.45, 7) is 4.41. The maximum absolute atomic E-state index is 11.4. The summed E-state index contributed by atoms with van der Waals surface area (Å²) in [5, 5.41) is 11.4. The molecule has 0 aromatic carbocycles. The predicted molar refractivity (Wildman–Crippen MR) is 95.0 cm³/mol. The van der Waals surface area contributed by atoms with Gasteiger partial charge in [0.05, 0.1) is 4.92 Å². The summed E-state index contributed by atoms with van der Waals surface area (Å²) in [4.78, 5) is 22.2. The molecule has 4 rings (SSSR count). The summed E-state index contributed by atoms with van der Waals surface area (Å²) in [6, 6.07) is 1.70. The van der Waals surface area contributed by atoms with Gasteiger partial charge < -0.3 is 9.47 Å². The van der Waals surface area contributed by atoms with Gasteiger partial charge in [-0.05, 0) is 45.1 Å². The molecule has 7 heteroatoms. The third kappa shape index (κ3) is 2.88. The Morgan fingerprint density at radius 1 is 1.20 bits per heavy atom. The van der Waals surface area contributed by atoms with Crippen molar-refractivity contribution in [2.75, 3.05) is 18.0 Å². The van der Waals surface area contributed by atoms with Gasteiger partial charge in [-0.3, -0.25) is 10.1 Å². The van der Waals surface area contributed by atoms with Crippen LogP contribution in [0.25, 0.3) is 0 Å². The number of nitrogens with zero attached hydrogens (tertiary/aromatic N) is 5. The molecule has 1 fully saturated rings. The van der Waals surface area contributed by atoms with E-state index < -0.39 is 0 Å². The minimum atomic E-state index is -0.311. The second-order valence-electron chi connectivity index (χ2n) is 7.03. The molecule has 0 aliphatic carbocycles. The van der Waals surface area contributed by atoms with Crippen LogP contribution in [0, 0.1) is 17.0 Å². The molecule has 0 atom stereocenters. The molecule has 4 heterocycles. The van der Waals surface area contributed by atoms with Gasteiger partial charge in [0.25, 0.3) is 0 Å². The molecule has 132 valence electrons. The standard InChI is InChI=1S/C18H23N5O2/c1-13-5-8-19-18(16(13)23(24)25)21-10-6-14(7-11-21)17-20-12-15-4-2-3-9-22(15)17/h5,8,12,14H,2-4,6-7,9-11H2,1H3. The van der Waals surface area contributed by atoms with Crippen LogP contribution in [0.2, 0.25) is 0 Å². The number of piperidine rings is 1. The average molecular weight is 341 g/mol. The Balaban J connectivity index is 1.52. The highest BCUT2D eigenvalue weighted by atomic mass is 16.6. The Morgan fingerprint density at radius 3 is 2.76 bits per heavy atom. The van der Waals surface area contributed by atoms with Crippen molar-refractivity contribution in [3.8, 4) is 0 Å². The van der Waals surface area contributed by atoms with E-state index in [9.17, 15) is 10.1 Å². The zero-order valence-corrected chi connectivity index (χ0v) is 14.5. The molecule has 0 amide bonds. The third-order valence-electron chi connectivity index (χ3n) is 5.48. The maximum Gasteiger partial charge on any atom is 0.314 e. The Morgan fingerprint density at radius 2 is 2.00 bits per heavy atom. The fourth-order valence-electron chi connectivity index (χ4n) is 4.13. The second-order valence-corrected chi connectivity index (χ2v) is 7.03. The Bertz CT molecular complexity index is 793. The highest BCUT2D eigenvalue weighted by Crippen LogP contribution is 2.35. The SMILES string of the molecule is Cc1ccnc(N2CCC(c3ncc4n3CCCC4)CC2)c1[N+](=O)[O-]. The Labute approximate surface area is 146 Å². The lowest BCUT2D eigenvalue weighted by atomic mass is 9.95. The largest absolute Gasteiger partial charge is 0.351 e. The highest BCUT2D eigenvalue weighted by Gasteiger charge is 2.30. The lowest BCUT2D eigenvalue weighted by Gasteiger charge is -2.33. The van der Waals surface area contributed by atoms with Gasteiger partial charge in [0.1, 0.15) is 5.82 Å². The van der Waals surface area contributed by atoms with Crippen molar-refractivity contribution in [2.24, 2.45) is 0 Å². The van der Waals surface area contributed by atoms with Crippen molar-refractivity contribution in [2.45, 2.75) is 51.5 Å². The van der Waals surface area contributed by atoms with Gasteiger partial charge in [-0.1, -0.05) is 0 Å². The minimum absolute atomic E-state index is 0.138. The van der Waals surface area contributed by atoms with Crippen LogP contribution in [0.1, 0.15) is 48.7 Å². The molecule has 1 saturated heterocycles. The van der Waals surface area contributed by atoms with Gasteiger partial charge in [-0.15, -0.1) is 0 Å². The third-order valence-corrected chi connectivity index (χ3v) is 5.48. The van der Waals surface area contributed by atoms with E-state index in [0.29, 0.717) is 17.3 Å². The number of aryl methyl sites for hydroxylation is 2. The number of pyridine rings is 1. The monoisotopic (exact) mass is 341 g/mol. The second kappa shape index (κ2) is 6.46. The number of imidazole rings is 1. The van der Waals surface area contributed by atoms with E-state index in [-0.39, 0.29) is 10.6 Å². The number of nitro groups is 1. The molecule has 0 unspecified atom stereocenters. The number of fused-ring (bicyclic) bond motifs is 1. The molecular formula is C18H23N5O2. The van der Waals surface area contributed by atoms with Gasteiger partial charge in [0.2, 0.25) is 5.82 Å². The normalized spacial score (nSPS) is 18.2. The number of rotatable bonds is 3. The first-order valence-electron chi connectivity index (χ1n) is 9.04. The quantitative estimate of drug-likeness (QED) is 0.633.